The summed E-state index contributed by atoms with van der Waals surface area (Å²) in [7, 11) is 0. The summed E-state index contributed by atoms with van der Waals surface area (Å²) in [6.07, 6.45) is 22.2. The van der Waals surface area contributed by atoms with Gasteiger partial charge in [-0.15, -0.1) is 0 Å². The molecule has 2 nitrogen and oxygen atoms in total. The molecule has 0 saturated carbocycles. The summed E-state index contributed by atoms with van der Waals surface area (Å²) < 4.78 is 5.82. The molecule has 0 bridgehead atoms. The smallest absolute Gasteiger partial charge is 0.118 e. The molecule has 0 fully saturated rings. The van der Waals surface area contributed by atoms with Gasteiger partial charge in [-0.05, 0) is 55.4 Å². The van der Waals surface area contributed by atoms with Crippen LogP contribution in [0.3, 0.4) is 0 Å². The monoisotopic (exact) mass is 344 g/mol. The van der Waals surface area contributed by atoms with Gasteiger partial charge in [0.15, 0.2) is 0 Å². The van der Waals surface area contributed by atoms with Crippen LogP contribution in [0.25, 0.3) is 0 Å². The van der Waals surface area contributed by atoms with Crippen molar-refractivity contribution in [1.82, 2.24) is 0 Å². The van der Waals surface area contributed by atoms with Crippen LogP contribution in [0.1, 0.15) is 32.6 Å². The minimum atomic E-state index is -0.590. The van der Waals surface area contributed by atoms with Gasteiger partial charge in [0.1, 0.15) is 18.5 Å². The lowest BCUT2D eigenvalue weighted by Gasteiger charge is -2.14. The number of allylic oxidation sites excluding steroid dienone is 9. The predicted molar refractivity (Wildman–Crippen MR) is 105 cm³/mol. The Morgan fingerprint density at radius 1 is 1.04 bits per heavy atom. The van der Waals surface area contributed by atoms with E-state index in [1.54, 1.807) is 0 Å². The number of hydrogen-bond acceptors (Lipinski definition) is 3. The molecule has 0 aromatic rings. The Kier molecular flexibility index (Phi) is 8.20. The molecular weight excluding hydrogens is 316 g/mol. The highest BCUT2D eigenvalue weighted by Gasteiger charge is 2.11. The van der Waals surface area contributed by atoms with Crippen LogP contribution in [0.4, 0.5) is 0 Å². The fourth-order valence-electron chi connectivity index (χ4n) is 2.63. The van der Waals surface area contributed by atoms with E-state index in [-0.39, 0.29) is 6.61 Å². The van der Waals surface area contributed by atoms with Gasteiger partial charge in [0, 0.05) is 0 Å². The van der Waals surface area contributed by atoms with Crippen molar-refractivity contribution in [3.05, 3.63) is 71.1 Å². The van der Waals surface area contributed by atoms with E-state index in [1.165, 1.54) is 11.1 Å². The zero-order chi connectivity index (χ0) is 17.2. The average molecular weight is 345 g/mol. The van der Waals surface area contributed by atoms with E-state index in [4.69, 9.17) is 4.74 Å². The first-order valence-electron chi connectivity index (χ1n) is 8.67. The van der Waals surface area contributed by atoms with Crippen molar-refractivity contribution in [3.8, 4) is 0 Å². The third-order valence-electron chi connectivity index (χ3n) is 4.18. The zero-order valence-corrected chi connectivity index (χ0v) is 15.5. The Morgan fingerprint density at radius 3 is 2.58 bits per heavy atom. The van der Waals surface area contributed by atoms with Crippen molar-refractivity contribution in [2.45, 2.75) is 38.7 Å². The van der Waals surface area contributed by atoms with E-state index in [9.17, 15) is 5.11 Å². The highest BCUT2D eigenvalue weighted by molar-refractivity contribution is 7.98. The summed E-state index contributed by atoms with van der Waals surface area (Å²) >= 11 is 1.86. The molecule has 1 N–H and O–H groups in total. The Labute approximate surface area is 150 Å². The lowest BCUT2D eigenvalue weighted by molar-refractivity contribution is 0.101. The standard InChI is InChI=1S/C21H28O2S/c1-3-17-6-4-8-19(12-10-17)21(22)16-23-20-9-5-7-18(11-13-20)14-15-24-2/h6-13,21-22H,3-5,14-16H2,1-2H3. The van der Waals surface area contributed by atoms with Crippen LogP contribution in [0, 0.1) is 0 Å². The number of thioether (sulfide) groups is 1. The first kappa shape index (κ1) is 18.9. The van der Waals surface area contributed by atoms with Crippen molar-refractivity contribution in [1.29, 1.82) is 0 Å². The van der Waals surface area contributed by atoms with Crippen LogP contribution >= 0.6 is 11.8 Å². The van der Waals surface area contributed by atoms with Gasteiger partial charge in [-0.25, -0.2) is 0 Å². The predicted octanol–water partition coefficient (Wildman–Crippen LogP) is 5.11. The Morgan fingerprint density at radius 2 is 1.79 bits per heavy atom. The van der Waals surface area contributed by atoms with Gasteiger partial charge in [0.2, 0.25) is 0 Å². The molecule has 2 aliphatic rings. The molecule has 0 saturated heterocycles. The number of rotatable bonds is 8. The van der Waals surface area contributed by atoms with Gasteiger partial charge in [-0.1, -0.05) is 54.5 Å². The number of aliphatic hydroxyl groups excluding tert-OH is 1. The van der Waals surface area contributed by atoms with Gasteiger partial charge in [0.05, 0.1) is 0 Å². The summed E-state index contributed by atoms with van der Waals surface area (Å²) in [5.74, 6) is 1.98. The van der Waals surface area contributed by atoms with Gasteiger partial charge < -0.3 is 9.84 Å². The maximum absolute atomic E-state index is 10.4. The second-order valence-corrected chi connectivity index (χ2v) is 6.92. The van der Waals surface area contributed by atoms with Crippen LogP contribution in [0.2, 0.25) is 0 Å². The summed E-state index contributed by atoms with van der Waals surface area (Å²) in [6.45, 7) is 2.43. The van der Waals surface area contributed by atoms with Crippen LogP contribution < -0.4 is 0 Å². The third kappa shape index (κ3) is 6.21. The van der Waals surface area contributed by atoms with Crippen molar-refractivity contribution >= 4 is 11.8 Å². The second kappa shape index (κ2) is 10.4. The molecule has 0 heterocycles. The maximum Gasteiger partial charge on any atom is 0.118 e. The topological polar surface area (TPSA) is 29.5 Å². The van der Waals surface area contributed by atoms with E-state index < -0.39 is 6.10 Å². The van der Waals surface area contributed by atoms with Crippen LogP contribution in [-0.2, 0) is 4.74 Å². The fourth-order valence-corrected chi connectivity index (χ4v) is 3.07. The lowest BCUT2D eigenvalue weighted by atomic mass is 10.1. The molecule has 0 radical (unpaired) electrons. The fraction of sp³-hybridized carbons (Fsp3) is 0.429. The van der Waals surface area contributed by atoms with Crippen molar-refractivity contribution < 1.29 is 9.84 Å². The molecule has 24 heavy (non-hydrogen) atoms. The molecule has 130 valence electrons. The lowest BCUT2D eigenvalue weighted by Crippen LogP contribution is -2.16. The van der Waals surface area contributed by atoms with Crippen LogP contribution in [0.15, 0.2) is 71.1 Å². The quantitative estimate of drug-likeness (QED) is 0.663. The molecule has 1 atom stereocenters. The summed E-state index contributed by atoms with van der Waals surface area (Å²) in [5.41, 5.74) is 3.60. The molecule has 1 unspecified atom stereocenters. The number of ether oxygens (including phenoxy) is 1. The Hall–Kier alpha value is -1.45. The van der Waals surface area contributed by atoms with E-state index >= 15 is 0 Å². The van der Waals surface area contributed by atoms with E-state index in [0.29, 0.717) is 0 Å². The number of hydrogen-bond donors (Lipinski definition) is 1. The van der Waals surface area contributed by atoms with Crippen LogP contribution in [0.5, 0.6) is 0 Å². The van der Waals surface area contributed by atoms with E-state index in [0.717, 1.165) is 42.8 Å². The van der Waals surface area contributed by atoms with Gasteiger partial charge in [-0.2, -0.15) is 11.8 Å². The van der Waals surface area contributed by atoms with Crippen molar-refractivity contribution in [2.24, 2.45) is 0 Å². The molecule has 0 aliphatic heterocycles. The maximum atomic E-state index is 10.4. The molecule has 0 spiro atoms. The zero-order valence-electron chi connectivity index (χ0n) is 14.7. The molecule has 3 heteroatoms. The molecule has 2 aliphatic carbocycles. The summed E-state index contributed by atoms with van der Waals surface area (Å²) in [5, 5.41) is 10.4. The minimum Gasteiger partial charge on any atom is -0.491 e. The molecule has 0 aromatic heterocycles. The van der Waals surface area contributed by atoms with Gasteiger partial charge in [0.25, 0.3) is 0 Å². The minimum absolute atomic E-state index is 0.286. The average Bonchev–Trinajstić information content (AvgIpc) is 2.98. The molecule has 0 amide bonds. The van der Waals surface area contributed by atoms with Gasteiger partial charge in [-0.3, -0.25) is 0 Å². The Balaban J connectivity index is 1.83. The first-order valence-corrected chi connectivity index (χ1v) is 10.1. The highest BCUT2D eigenvalue weighted by Crippen LogP contribution is 2.19. The van der Waals surface area contributed by atoms with E-state index in [1.807, 2.05) is 23.9 Å². The highest BCUT2D eigenvalue weighted by atomic mass is 32.2. The normalized spacial score (nSPS) is 18.8. The van der Waals surface area contributed by atoms with Gasteiger partial charge >= 0.3 is 0 Å². The summed E-state index contributed by atoms with van der Waals surface area (Å²) in [4.78, 5) is 0. The SMILES string of the molecule is CCC1=CCC=C(C(O)COC2=CCC=C(CCSC)C=C2)C=C1. The largest absolute Gasteiger partial charge is 0.491 e. The van der Waals surface area contributed by atoms with Crippen LogP contribution in [-0.4, -0.2) is 29.8 Å². The molecular formula is C21H28O2S. The number of aliphatic hydroxyl groups is 1. The van der Waals surface area contributed by atoms with Crippen molar-refractivity contribution in [3.63, 3.8) is 0 Å². The third-order valence-corrected chi connectivity index (χ3v) is 4.79. The Bertz CT molecular complexity index is 591. The van der Waals surface area contributed by atoms with Crippen molar-refractivity contribution in [2.75, 3.05) is 18.6 Å². The molecule has 2 rings (SSSR count). The first-order chi connectivity index (χ1) is 11.7. The summed E-state index contributed by atoms with van der Waals surface area (Å²) in [6, 6.07) is 0. The molecule has 0 aromatic carbocycles. The van der Waals surface area contributed by atoms with E-state index in [2.05, 4.69) is 49.6 Å². The second-order valence-electron chi connectivity index (χ2n) is 5.93.